The fourth-order valence-corrected chi connectivity index (χ4v) is 0.633. The zero-order valence-corrected chi connectivity index (χ0v) is 5.46. The predicted octanol–water partition coefficient (Wildman–Crippen LogP) is -0.128. The van der Waals surface area contributed by atoms with E-state index in [2.05, 4.69) is 10.6 Å². The van der Waals surface area contributed by atoms with Gasteiger partial charge in [-0.05, 0) is 12.2 Å². The Labute approximate surface area is 58.4 Å². The first-order chi connectivity index (χ1) is 4.33. The first kappa shape index (κ1) is 6.05. The molecule has 0 radical (unpaired) electrons. The lowest BCUT2D eigenvalue weighted by Crippen LogP contribution is -2.37. The molecule has 9 heavy (non-hydrogen) atoms. The quantitative estimate of drug-likeness (QED) is 0.459. The molecule has 0 aromatic carbocycles. The maximum absolute atomic E-state index is 8.34. The van der Waals surface area contributed by atoms with E-state index in [0.717, 1.165) is 0 Å². The van der Waals surface area contributed by atoms with Crippen molar-refractivity contribution in [3.8, 4) is 6.07 Å². The van der Waals surface area contributed by atoms with Gasteiger partial charge >= 0.3 is 0 Å². The molecule has 0 saturated carbocycles. The molecule has 0 aromatic rings. The van der Waals surface area contributed by atoms with Crippen molar-refractivity contribution < 1.29 is 0 Å². The smallest absolute Gasteiger partial charge is 0.170 e. The summed E-state index contributed by atoms with van der Waals surface area (Å²) in [5.74, 6) is 0. The SMILES string of the molecule is N#CC1=CNC(=S)NC1. The number of nitriles is 1. The van der Waals surface area contributed by atoms with Crippen LogP contribution < -0.4 is 10.6 Å². The van der Waals surface area contributed by atoms with Crippen LogP contribution in [0.2, 0.25) is 0 Å². The van der Waals surface area contributed by atoms with Gasteiger partial charge in [0.2, 0.25) is 0 Å². The lowest BCUT2D eigenvalue weighted by atomic mass is 10.3. The van der Waals surface area contributed by atoms with Gasteiger partial charge in [0.05, 0.1) is 18.2 Å². The van der Waals surface area contributed by atoms with Crippen LogP contribution in [0.5, 0.6) is 0 Å². The van der Waals surface area contributed by atoms with Crippen LogP contribution in [0.4, 0.5) is 0 Å². The van der Waals surface area contributed by atoms with Crippen LogP contribution in [-0.2, 0) is 0 Å². The highest BCUT2D eigenvalue weighted by molar-refractivity contribution is 7.80. The van der Waals surface area contributed by atoms with E-state index in [-0.39, 0.29) is 0 Å². The van der Waals surface area contributed by atoms with Crippen LogP contribution in [0.3, 0.4) is 0 Å². The molecule has 0 saturated heterocycles. The zero-order valence-electron chi connectivity index (χ0n) is 4.64. The standard InChI is InChI=1S/C5H5N3S/c6-1-4-2-7-5(9)8-3-4/h2H,3H2,(H2,7,8,9). The Morgan fingerprint density at radius 1 is 1.78 bits per heavy atom. The van der Waals surface area contributed by atoms with Gasteiger partial charge < -0.3 is 10.6 Å². The minimum atomic E-state index is 0.544. The first-order valence-electron chi connectivity index (χ1n) is 2.46. The lowest BCUT2D eigenvalue weighted by Gasteiger charge is -2.11. The van der Waals surface area contributed by atoms with Crippen molar-refractivity contribution in [2.45, 2.75) is 0 Å². The second-order valence-electron chi connectivity index (χ2n) is 1.61. The average Bonchev–Trinajstić information content (AvgIpc) is 1.90. The number of rotatable bonds is 0. The van der Waals surface area contributed by atoms with Crippen LogP contribution in [0.15, 0.2) is 11.8 Å². The summed E-state index contributed by atoms with van der Waals surface area (Å²) in [4.78, 5) is 0. The molecular formula is C5H5N3S. The Kier molecular flexibility index (Phi) is 1.66. The van der Waals surface area contributed by atoms with Gasteiger partial charge in [-0.3, -0.25) is 0 Å². The number of hydrogen-bond acceptors (Lipinski definition) is 2. The maximum Gasteiger partial charge on any atom is 0.170 e. The van der Waals surface area contributed by atoms with E-state index in [9.17, 15) is 0 Å². The van der Waals surface area contributed by atoms with Crippen molar-refractivity contribution in [1.29, 1.82) is 5.26 Å². The van der Waals surface area contributed by atoms with Gasteiger partial charge in [0.1, 0.15) is 0 Å². The molecule has 4 heteroatoms. The molecule has 1 rings (SSSR count). The third kappa shape index (κ3) is 1.40. The third-order valence-corrected chi connectivity index (χ3v) is 1.22. The topological polar surface area (TPSA) is 47.9 Å². The predicted molar refractivity (Wildman–Crippen MR) is 37.4 cm³/mol. The van der Waals surface area contributed by atoms with Crippen LogP contribution in [0.1, 0.15) is 0 Å². The van der Waals surface area contributed by atoms with Crippen molar-refractivity contribution in [2.75, 3.05) is 6.54 Å². The highest BCUT2D eigenvalue weighted by atomic mass is 32.1. The van der Waals surface area contributed by atoms with Crippen molar-refractivity contribution in [2.24, 2.45) is 0 Å². The fourth-order valence-electron chi connectivity index (χ4n) is 0.502. The number of nitrogens with zero attached hydrogens (tertiary/aromatic N) is 1. The van der Waals surface area contributed by atoms with Gasteiger partial charge in [-0.15, -0.1) is 0 Å². The van der Waals surface area contributed by atoms with Crippen molar-refractivity contribution in [3.63, 3.8) is 0 Å². The summed E-state index contributed by atoms with van der Waals surface area (Å²) >= 11 is 4.73. The van der Waals surface area contributed by atoms with E-state index in [4.69, 9.17) is 17.5 Å². The summed E-state index contributed by atoms with van der Waals surface area (Å²) in [6, 6.07) is 2.00. The summed E-state index contributed by atoms with van der Waals surface area (Å²) in [6.07, 6.45) is 1.61. The highest BCUT2D eigenvalue weighted by Crippen LogP contribution is 1.91. The van der Waals surface area contributed by atoms with Crippen molar-refractivity contribution >= 4 is 17.3 Å². The molecule has 0 spiro atoms. The van der Waals surface area contributed by atoms with Crippen molar-refractivity contribution in [1.82, 2.24) is 10.6 Å². The summed E-state index contributed by atoms with van der Waals surface area (Å²) in [6.45, 7) is 0.544. The molecule has 1 heterocycles. The summed E-state index contributed by atoms with van der Waals surface area (Å²) in [7, 11) is 0. The normalized spacial score (nSPS) is 16.8. The molecule has 1 aliphatic rings. The molecule has 0 bridgehead atoms. The van der Waals surface area contributed by atoms with Crippen LogP contribution >= 0.6 is 12.2 Å². The molecule has 0 aliphatic carbocycles. The minimum Gasteiger partial charge on any atom is -0.358 e. The van der Waals surface area contributed by atoms with E-state index >= 15 is 0 Å². The van der Waals surface area contributed by atoms with Crippen LogP contribution in [0.25, 0.3) is 0 Å². The Balaban J connectivity index is 2.63. The Morgan fingerprint density at radius 3 is 3.00 bits per heavy atom. The summed E-state index contributed by atoms with van der Waals surface area (Å²) in [5, 5.41) is 14.4. The Bertz CT molecular complexity index is 201. The third-order valence-electron chi connectivity index (χ3n) is 0.960. The van der Waals surface area contributed by atoms with Crippen LogP contribution in [-0.4, -0.2) is 11.7 Å². The molecular weight excluding hydrogens is 134 g/mol. The largest absolute Gasteiger partial charge is 0.358 e. The fraction of sp³-hybridized carbons (Fsp3) is 0.200. The second kappa shape index (κ2) is 2.46. The maximum atomic E-state index is 8.34. The monoisotopic (exact) mass is 139 g/mol. The molecule has 0 amide bonds. The molecule has 0 unspecified atom stereocenters. The minimum absolute atomic E-state index is 0.544. The molecule has 46 valence electrons. The van der Waals surface area contributed by atoms with Gasteiger partial charge in [0.25, 0.3) is 0 Å². The van der Waals surface area contributed by atoms with Crippen molar-refractivity contribution in [3.05, 3.63) is 11.8 Å². The van der Waals surface area contributed by atoms with E-state index < -0.39 is 0 Å². The lowest BCUT2D eigenvalue weighted by molar-refractivity contribution is 0.935. The molecule has 0 aromatic heterocycles. The molecule has 0 atom stereocenters. The summed E-state index contributed by atoms with van der Waals surface area (Å²) in [5.41, 5.74) is 0.670. The van der Waals surface area contributed by atoms with E-state index in [1.54, 1.807) is 6.20 Å². The highest BCUT2D eigenvalue weighted by Gasteiger charge is 2.02. The average molecular weight is 139 g/mol. The van der Waals surface area contributed by atoms with Gasteiger partial charge in [-0.25, -0.2) is 0 Å². The first-order valence-corrected chi connectivity index (χ1v) is 2.87. The summed E-state index contributed by atoms with van der Waals surface area (Å²) < 4.78 is 0. The van der Waals surface area contributed by atoms with E-state index in [1.165, 1.54) is 0 Å². The Morgan fingerprint density at radius 2 is 2.56 bits per heavy atom. The van der Waals surface area contributed by atoms with Gasteiger partial charge in [0, 0.05) is 6.20 Å². The molecule has 0 fully saturated rings. The van der Waals surface area contributed by atoms with Gasteiger partial charge in [0.15, 0.2) is 5.11 Å². The molecule has 3 nitrogen and oxygen atoms in total. The number of thiocarbonyl (C=S) groups is 1. The molecule has 1 aliphatic heterocycles. The van der Waals surface area contributed by atoms with E-state index in [1.807, 2.05) is 6.07 Å². The molecule has 2 N–H and O–H groups in total. The second-order valence-corrected chi connectivity index (χ2v) is 2.02. The van der Waals surface area contributed by atoms with Crippen LogP contribution in [0, 0.1) is 11.3 Å². The Hall–Kier alpha value is -1.08. The van der Waals surface area contributed by atoms with E-state index in [0.29, 0.717) is 17.2 Å². The van der Waals surface area contributed by atoms with Gasteiger partial charge in [-0.2, -0.15) is 5.26 Å². The zero-order chi connectivity index (χ0) is 6.69. The number of hydrogen-bond donors (Lipinski definition) is 2. The number of nitrogens with one attached hydrogen (secondary N) is 2. The van der Waals surface area contributed by atoms with Gasteiger partial charge in [-0.1, -0.05) is 0 Å².